The minimum absolute atomic E-state index is 0.305. The summed E-state index contributed by atoms with van der Waals surface area (Å²) in [5, 5.41) is 0. The molecular weight excluding hydrogens is 284 g/mol. The molecule has 19 heavy (non-hydrogen) atoms. The van der Waals surface area contributed by atoms with Crippen LogP contribution in [0, 0.1) is 5.92 Å². The van der Waals surface area contributed by atoms with E-state index in [0.717, 1.165) is 12.8 Å². The molecule has 0 bridgehead atoms. The molecule has 2 rings (SSSR count). The maximum atomic E-state index is 11.9. The van der Waals surface area contributed by atoms with E-state index in [0.29, 0.717) is 34.6 Å². The van der Waals surface area contributed by atoms with E-state index >= 15 is 0 Å². The second-order valence-corrected chi connectivity index (χ2v) is 6.57. The Morgan fingerprint density at radius 1 is 1.37 bits per heavy atom. The van der Waals surface area contributed by atoms with Gasteiger partial charge in [0.05, 0.1) is 4.90 Å². The first-order valence-corrected chi connectivity index (χ1v) is 8.33. The molecule has 0 aliphatic carbocycles. The molecule has 104 valence electrons. The van der Waals surface area contributed by atoms with Crippen LogP contribution in [0.25, 0.3) is 0 Å². The van der Waals surface area contributed by atoms with Crippen LogP contribution in [-0.4, -0.2) is 26.7 Å². The molecule has 0 radical (unpaired) electrons. The van der Waals surface area contributed by atoms with Crippen molar-refractivity contribution in [2.45, 2.75) is 24.7 Å². The van der Waals surface area contributed by atoms with Gasteiger partial charge in [-0.05, 0) is 24.5 Å². The van der Waals surface area contributed by atoms with Crippen LogP contribution in [0.2, 0.25) is 0 Å². The number of amidine groups is 1. The van der Waals surface area contributed by atoms with Crippen molar-refractivity contribution in [2.24, 2.45) is 10.9 Å². The number of rotatable bonds is 5. The van der Waals surface area contributed by atoms with Crippen LogP contribution < -0.4 is 4.72 Å². The Morgan fingerprint density at radius 3 is 2.79 bits per heavy atom. The summed E-state index contributed by atoms with van der Waals surface area (Å²) in [4.78, 5) is 4.72. The normalized spacial score (nSPS) is 20.0. The van der Waals surface area contributed by atoms with Crippen LogP contribution in [0.5, 0.6) is 0 Å². The number of hydrogen-bond donors (Lipinski definition) is 1. The molecule has 1 N–H and O–H groups in total. The second kappa shape index (κ2) is 5.92. The highest BCUT2D eigenvalue weighted by atomic mass is 35.5. The molecule has 1 aliphatic heterocycles. The number of nitrogens with one attached hydrogen (secondary N) is 1. The Morgan fingerprint density at radius 2 is 2.11 bits per heavy atom. The predicted octanol–water partition coefficient (Wildman–Crippen LogP) is 2.38. The van der Waals surface area contributed by atoms with Gasteiger partial charge in [-0.2, -0.15) is 0 Å². The zero-order chi connectivity index (χ0) is 13.9. The number of hydrogen-bond acceptors (Lipinski definition) is 3. The van der Waals surface area contributed by atoms with Gasteiger partial charge in [-0.15, -0.1) is 11.6 Å². The van der Waals surface area contributed by atoms with Crippen molar-refractivity contribution >= 4 is 27.5 Å². The maximum Gasteiger partial charge on any atom is 0.263 e. The first-order chi connectivity index (χ1) is 9.08. The number of alkyl halides is 1. The lowest BCUT2D eigenvalue weighted by Crippen LogP contribution is -2.23. The van der Waals surface area contributed by atoms with Gasteiger partial charge >= 0.3 is 0 Å². The third-order valence-electron chi connectivity index (χ3n) is 3.27. The van der Waals surface area contributed by atoms with Gasteiger partial charge in [-0.25, -0.2) is 8.42 Å². The molecule has 1 aromatic rings. The number of sulfonamides is 1. The highest BCUT2D eigenvalue weighted by molar-refractivity contribution is 7.90. The molecule has 6 heteroatoms. The lowest BCUT2D eigenvalue weighted by molar-refractivity contribution is 0.508. The molecule has 4 nitrogen and oxygen atoms in total. The van der Waals surface area contributed by atoms with Gasteiger partial charge in [0.15, 0.2) is 0 Å². The summed E-state index contributed by atoms with van der Waals surface area (Å²) in [6.45, 7) is 2.68. The van der Waals surface area contributed by atoms with E-state index in [9.17, 15) is 8.42 Å². The van der Waals surface area contributed by atoms with Gasteiger partial charge in [-0.1, -0.05) is 25.5 Å². The quantitative estimate of drug-likeness (QED) is 0.849. The molecule has 1 heterocycles. The Balaban J connectivity index is 2.24. The molecule has 1 aliphatic rings. The minimum atomic E-state index is -3.43. The molecule has 1 aromatic carbocycles. The van der Waals surface area contributed by atoms with Crippen molar-refractivity contribution in [1.82, 2.24) is 4.72 Å². The third kappa shape index (κ3) is 3.09. The third-order valence-corrected chi connectivity index (χ3v) is 4.88. The van der Waals surface area contributed by atoms with Gasteiger partial charge in [0.2, 0.25) is 0 Å². The van der Waals surface area contributed by atoms with Crippen molar-refractivity contribution in [1.29, 1.82) is 0 Å². The largest absolute Gasteiger partial charge is 0.267 e. The van der Waals surface area contributed by atoms with Crippen molar-refractivity contribution < 1.29 is 8.42 Å². The monoisotopic (exact) mass is 300 g/mol. The van der Waals surface area contributed by atoms with Crippen LogP contribution in [-0.2, 0) is 10.0 Å². The minimum Gasteiger partial charge on any atom is -0.267 e. The van der Waals surface area contributed by atoms with Gasteiger partial charge in [0, 0.05) is 18.0 Å². The smallest absolute Gasteiger partial charge is 0.263 e. The van der Waals surface area contributed by atoms with Crippen LogP contribution >= 0.6 is 11.6 Å². The van der Waals surface area contributed by atoms with Gasteiger partial charge in [0.1, 0.15) is 5.84 Å². The van der Waals surface area contributed by atoms with Crippen LogP contribution in [0.3, 0.4) is 0 Å². The Bertz CT molecular complexity index is 584. The molecule has 0 fully saturated rings. The maximum absolute atomic E-state index is 11.9. The topological polar surface area (TPSA) is 58.5 Å². The average molecular weight is 301 g/mol. The highest BCUT2D eigenvalue weighted by Crippen LogP contribution is 2.22. The summed E-state index contributed by atoms with van der Waals surface area (Å²) in [6.07, 6.45) is 1.88. The number of nitrogens with zero attached hydrogens (tertiary/aromatic N) is 1. The van der Waals surface area contributed by atoms with E-state index in [2.05, 4.69) is 16.6 Å². The number of fused-ring (bicyclic) bond motifs is 1. The van der Waals surface area contributed by atoms with E-state index in [-0.39, 0.29) is 0 Å². The van der Waals surface area contributed by atoms with Crippen molar-refractivity contribution in [3.8, 4) is 0 Å². The lowest BCUT2D eigenvalue weighted by atomic mass is 10.0. The predicted molar refractivity (Wildman–Crippen MR) is 77.3 cm³/mol. The van der Waals surface area contributed by atoms with Gasteiger partial charge in [0.25, 0.3) is 10.0 Å². The highest BCUT2D eigenvalue weighted by Gasteiger charge is 2.30. The summed E-state index contributed by atoms with van der Waals surface area (Å²) in [5.74, 6) is 1.44. The van der Waals surface area contributed by atoms with Gasteiger partial charge in [-0.3, -0.25) is 9.71 Å². The SMILES string of the molecule is CCC(CCCl)CN=C1NS(=O)(=O)c2ccccc21. The van der Waals surface area contributed by atoms with Crippen LogP contribution in [0.1, 0.15) is 25.3 Å². The van der Waals surface area contributed by atoms with Crippen molar-refractivity contribution in [3.63, 3.8) is 0 Å². The van der Waals surface area contributed by atoms with E-state index in [1.807, 2.05) is 6.07 Å². The second-order valence-electron chi connectivity index (χ2n) is 4.54. The zero-order valence-electron chi connectivity index (χ0n) is 10.8. The van der Waals surface area contributed by atoms with E-state index in [4.69, 9.17) is 11.6 Å². The van der Waals surface area contributed by atoms with E-state index in [1.165, 1.54) is 0 Å². The van der Waals surface area contributed by atoms with Crippen LogP contribution in [0.15, 0.2) is 34.2 Å². The Kier molecular flexibility index (Phi) is 4.47. The zero-order valence-corrected chi connectivity index (χ0v) is 12.3. The molecule has 0 saturated carbocycles. The molecule has 0 spiro atoms. The Labute approximate surface area is 118 Å². The average Bonchev–Trinajstić information content (AvgIpc) is 2.67. The standard InChI is InChI=1S/C13H17ClN2O2S/c1-2-10(7-8-14)9-15-13-11-5-3-4-6-12(11)19(17,18)16-13/h3-6,10H,2,7-9H2,1H3,(H,15,16). The number of halogens is 1. The lowest BCUT2D eigenvalue weighted by Gasteiger charge is -2.10. The van der Waals surface area contributed by atoms with Crippen LogP contribution in [0.4, 0.5) is 0 Å². The van der Waals surface area contributed by atoms with E-state index in [1.54, 1.807) is 18.2 Å². The molecule has 0 saturated heterocycles. The fourth-order valence-electron chi connectivity index (χ4n) is 2.05. The number of benzene rings is 1. The molecule has 0 aromatic heterocycles. The van der Waals surface area contributed by atoms with Crippen molar-refractivity contribution in [2.75, 3.05) is 12.4 Å². The summed E-state index contributed by atoms with van der Waals surface area (Å²) in [5.41, 5.74) is 0.656. The fraction of sp³-hybridized carbons (Fsp3) is 0.462. The summed E-state index contributed by atoms with van der Waals surface area (Å²) in [6, 6.07) is 6.89. The molecule has 0 amide bonds. The first kappa shape index (κ1) is 14.3. The summed E-state index contributed by atoms with van der Waals surface area (Å²) < 4.78 is 26.3. The fourth-order valence-corrected chi connectivity index (χ4v) is 3.61. The summed E-state index contributed by atoms with van der Waals surface area (Å²) in [7, 11) is -3.43. The number of aliphatic imine (C=N–C) groups is 1. The summed E-state index contributed by atoms with van der Waals surface area (Å²) >= 11 is 5.74. The Hall–Kier alpha value is -1.07. The molecule has 1 atom stereocenters. The molecule has 1 unspecified atom stereocenters. The first-order valence-electron chi connectivity index (χ1n) is 6.31. The van der Waals surface area contributed by atoms with Gasteiger partial charge < -0.3 is 0 Å². The van der Waals surface area contributed by atoms with Crippen molar-refractivity contribution in [3.05, 3.63) is 29.8 Å². The van der Waals surface area contributed by atoms with E-state index < -0.39 is 10.0 Å². The molecular formula is C13H17ClN2O2S.